The van der Waals surface area contributed by atoms with Gasteiger partial charge in [0.1, 0.15) is 0 Å². The summed E-state index contributed by atoms with van der Waals surface area (Å²) < 4.78 is 0. The van der Waals surface area contributed by atoms with E-state index in [1.165, 1.54) is 0 Å². The van der Waals surface area contributed by atoms with E-state index in [0.717, 1.165) is 32.4 Å². The van der Waals surface area contributed by atoms with E-state index in [1.807, 2.05) is 6.92 Å². The van der Waals surface area contributed by atoms with Crippen LogP contribution in [0.25, 0.3) is 0 Å². The molecule has 4 nitrogen and oxygen atoms in total. The number of hydrogen-bond donors (Lipinski definition) is 2. The van der Waals surface area contributed by atoms with Crippen molar-refractivity contribution in [1.82, 2.24) is 10.2 Å². The molecular weight excluding hydrogens is 238 g/mol. The zero-order valence-corrected chi connectivity index (χ0v) is 13.2. The molecule has 0 aromatic heterocycles. The predicted molar refractivity (Wildman–Crippen MR) is 79.9 cm³/mol. The van der Waals surface area contributed by atoms with Crippen LogP contribution in [0.1, 0.15) is 53.9 Å². The minimum atomic E-state index is -0.116. The van der Waals surface area contributed by atoms with Crippen LogP contribution in [0.2, 0.25) is 0 Å². The standard InChI is InChI=1S/C15H31N3O/c1-6-15(4,5)17-14(19)12(3)18-9-7-13(8-10-18)11(2)16/h11-13H,6-10,16H2,1-5H3,(H,17,19). The summed E-state index contributed by atoms with van der Waals surface area (Å²) in [5.74, 6) is 0.754. The number of piperidine rings is 1. The maximum absolute atomic E-state index is 12.3. The highest BCUT2D eigenvalue weighted by molar-refractivity contribution is 5.82. The molecule has 3 N–H and O–H groups in total. The smallest absolute Gasteiger partial charge is 0.237 e. The number of nitrogens with two attached hydrogens (primary N) is 1. The quantitative estimate of drug-likeness (QED) is 0.799. The molecule has 1 aliphatic heterocycles. The van der Waals surface area contributed by atoms with Gasteiger partial charge in [-0.05, 0) is 66.0 Å². The summed E-state index contributed by atoms with van der Waals surface area (Å²) in [4.78, 5) is 14.5. The maximum Gasteiger partial charge on any atom is 0.237 e. The summed E-state index contributed by atoms with van der Waals surface area (Å²) in [5.41, 5.74) is 5.84. The third-order valence-electron chi connectivity index (χ3n) is 4.59. The van der Waals surface area contributed by atoms with E-state index in [9.17, 15) is 4.79 Å². The van der Waals surface area contributed by atoms with Gasteiger partial charge in [-0.3, -0.25) is 9.69 Å². The fourth-order valence-electron chi connectivity index (χ4n) is 2.52. The van der Waals surface area contributed by atoms with Crippen LogP contribution in [0.4, 0.5) is 0 Å². The molecule has 0 aromatic rings. The minimum Gasteiger partial charge on any atom is -0.350 e. The number of nitrogens with one attached hydrogen (secondary N) is 1. The Morgan fingerprint density at radius 1 is 1.37 bits per heavy atom. The van der Waals surface area contributed by atoms with Gasteiger partial charge in [-0.2, -0.15) is 0 Å². The lowest BCUT2D eigenvalue weighted by atomic mass is 9.90. The van der Waals surface area contributed by atoms with Gasteiger partial charge < -0.3 is 11.1 Å². The molecule has 112 valence electrons. The lowest BCUT2D eigenvalue weighted by Gasteiger charge is -2.37. The van der Waals surface area contributed by atoms with E-state index in [2.05, 4.69) is 37.9 Å². The predicted octanol–water partition coefficient (Wildman–Crippen LogP) is 1.74. The highest BCUT2D eigenvalue weighted by atomic mass is 16.2. The van der Waals surface area contributed by atoms with Crippen molar-refractivity contribution in [2.45, 2.75) is 71.5 Å². The van der Waals surface area contributed by atoms with Gasteiger partial charge in [0.15, 0.2) is 0 Å². The first kappa shape index (κ1) is 16.4. The minimum absolute atomic E-state index is 0.0418. The molecule has 2 unspecified atom stereocenters. The molecule has 0 radical (unpaired) electrons. The molecular formula is C15H31N3O. The van der Waals surface area contributed by atoms with Crippen molar-refractivity contribution >= 4 is 5.91 Å². The molecule has 0 spiro atoms. The molecule has 1 heterocycles. The summed E-state index contributed by atoms with van der Waals surface area (Å²) in [6.45, 7) is 12.3. The fourth-order valence-corrected chi connectivity index (χ4v) is 2.52. The summed E-state index contributed by atoms with van der Waals surface area (Å²) >= 11 is 0. The molecule has 0 saturated carbocycles. The van der Waals surface area contributed by atoms with Crippen LogP contribution >= 0.6 is 0 Å². The molecule has 1 rings (SSSR count). The van der Waals surface area contributed by atoms with E-state index >= 15 is 0 Å². The molecule has 1 amide bonds. The first-order chi connectivity index (χ1) is 8.76. The lowest BCUT2D eigenvalue weighted by Crippen LogP contribution is -2.54. The molecule has 4 heteroatoms. The Labute approximate surface area is 118 Å². The fraction of sp³-hybridized carbons (Fsp3) is 0.933. The Hall–Kier alpha value is -0.610. The van der Waals surface area contributed by atoms with E-state index in [4.69, 9.17) is 5.73 Å². The van der Waals surface area contributed by atoms with E-state index < -0.39 is 0 Å². The monoisotopic (exact) mass is 269 g/mol. The lowest BCUT2D eigenvalue weighted by molar-refractivity contribution is -0.128. The molecule has 0 bridgehead atoms. The summed E-state index contributed by atoms with van der Waals surface area (Å²) in [5, 5.41) is 3.13. The number of nitrogens with zero attached hydrogens (tertiary/aromatic N) is 1. The Morgan fingerprint density at radius 3 is 2.32 bits per heavy atom. The Kier molecular flexibility index (Phi) is 5.81. The van der Waals surface area contributed by atoms with Crippen LogP contribution in [0.3, 0.4) is 0 Å². The van der Waals surface area contributed by atoms with Gasteiger partial charge >= 0.3 is 0 Å². The van der Waals surface area contributed by atoms with Gasteiger partial charge in [0.25, 0.3) is 0 Å². The van der Waals surface area contributed by atoms with Crippen LogP contribution in [0.5, 0.6) is 0 Å². The van der Waals surface area contributed by atoms with Gasteiger partial charge in [-0.25, -0.2) is 0 Å². The van der Waals surface area contributed by atoms with E-state index in [1.54, 1.807) is 0 Å². The van der Waals surface area contributed by atoms with Crippen LogP contribution in [0, 0.1) is 5.92 Å². The normalized spacial score (nSPS) is 22.0. The summed E-state index contributed by atoms with van der Waals surface area (Å²) in [6, 6.07) is 0.227. The molecule has 1 saturated heterocycles. The number of carbonyl (C=O) groups is 1. The van der Waals surface area contributed by atoms with Crippen molar-refractivity contribution in [1.29, 1.82) is 0 Å². The van der Waals surface area contributed by atoms with Crippen molar-refractivity contribution in [2.24, 2.45) is 11.7 Å². The molecule has 19 heavy (non-hydrogen) atoms. The highest BCUT2D eigenvalue weighted by Crippen LogP contribution is 2.21. The van der Waals surface area contributed by atoms with Crippen LogP contribution in [-0.2, 0) is 4.79 Å². The molecule has 0 aromatic carbocycles. The highest BCUT2D eigenvalue weighted by Gasteiger charge is 2.29. The summed E-state index contributed by atoms with van der Waals surface area (Å²) in [7, 11) is 0. The molecule has 2 atom stereocenters. The average molecular weight is 269 g/mol. The number of likely N-dealkylation sites (tertiary alicyclic amines) is 1. The van der Waals surface area contributed by atoms with Crippen LogP contribution < -0.4 is 11.1 Å². The first-order valence-electron chi connectivity index (χ1n) is 7.58. The second-order valence-corrected chi connectivity index (χ2v) is 6.64. The topological polar surface area (TPSA) is 58.4 Å². The third kappa shape index (κ3) is 4.77. The Morgan fingerprint density at radius 2 is 1.89 bits per heavy atom. The van der Waals surface area contributed by atoms with Crippen molar-refractivity contribution < 1.29 is 4.79 Å². The second kappa shape index (κ2) is 6.71. The number of hydrogen-bond acceptors (Lipinski definition) is 3. The van der Waals surface area contributed by atoms with Crippen LogP contribution in [0.15, 0.2) is 0 Å². The summed E-state index contributed by atoms with van der Waals surface area (Å²) in [6.07, 6.45) is 3.15. The number of carbonyl (C=O) groups excluding carboxylic acids is 1. The number of rotatable bonds is 5. The van der Waals surface area contributed by atoms with Gasteiger partial charge in [0.2, 0.25) is 5.91 Å². The second-order valence-electron chi connectivity index (χ2n) is 6.64. The maximum atomic E-state index is 12.3. The zero-order chi connectivity index (χ0) is 14.6. The van der Waals surface area contributed by atoms with Crippen LogP contribution in [-0.4, -0.2) is 41.5 Å². The van der Waals surface area contributed by atoms with E-state index in [-0.39, 0.29) is 23.5 Å². The molecule has 1 aliphatic rings. The zero-order valence-electron chi connectivity index (χ0n) is 13.2. The SMILES string of the molecule is CCC(C)(C)NC(=O)C(C)N1CCC(C(C)N)CC1. The first-order valence-corrected chi connectivity index (χ1v) is 7.58. The van der Waals surface area contributed by atoms with Gasteiger partial charge in [-0.1, -0.05) is 6.92 Å². The molecule has 1 fully saturated rings. The average Bonchev–Trinajstić information content (AvgIpc) is 2.37. The number of amides is 1. The van der Waals surface area contributed by atoms with Crippen molar-refractivity contribution in [3.63, 3.8) is 0 Å². The Balaban J connectivity index is 2.46. The van der Waals surface area contributed by atoms with Gasteiger partial charge in [0.05, 0.1) is 6.04 Å². The largest absolute Gasteiger partial charge is 0.350 e. The Bertz CT molecular complexity index is 294. The van der Waals surface area contributed by atoms with Crippen molar-refractivity contribution in [3.05, 3.63) is 0 Å². The van der Waals surface area contributed by atoms with E-state index in [0.29, 0.717) is 5.92 Å². The van der Waals surface area contributed by atoms with Gasteiger partial charge in [-0.15, -0.1) is 0 Å². The van der Waals surface area contributed by atoms with Gasteiger partial charge in [0, 0.05) is 11.6 Å². The molecule has 0 aliphatic carbocycles. The van der Waals surface area contributed by atoms with Crippen molar-refractivity contribution in [3.8, 4) is 0 Å². The third-order valence-corrected chi connectivity index (χ3v) is 4.59. The van der Waals surface area contributed by atoms with Crippen molar-refractivity contribution in [2.75, 3.05) is 13.1 Å².